The van der Waals surface area contributed by atoms with Crippen LogP contribution in [0.5, 0.6) is 0 Å². The smallest absolute Gasteiger partial charge is 0.0387 e. The molecule has 0 spiro atoms. The van der Waals surface area contributed by atoms with Crippen molar-refractivity contribution in [1.29, 1.82) is 0 Å². The predicted octanol–water partition coefficient (Wildman–Crippen LogP) is 9.60. The van der Waals surface area contributed by atoms with Crippen LogP contribution in [-0.4, -0.2) is 0 Å². The molecule has 0 fully saturated rings. The minimum absolute atomic E-state index is 0.1000. The molecule has 6 rings (SSSR count). The molecule has 0 bridgehead atoms. The summed E-state index contributed by atoms with van der Waals surface area (Å²) >= 11 is 0. The average molecular weight is 458 g/mol. The third kappa shape index (κ3) is 2.94. The maximum Gasteiger partial charge on any atom is 0.0387 e. The van der Waals surface area contributed by atoms with Crippen molar-refractivity contribution in [2.45, 2.75) is 64.2 Å². The van der Waals surface area contributed by atoms with Crippen LogP contribution < -0.4 is 5.32 Å². The molecule has 0 heterocycles. The van der Waals surface area contributed by atoms with Gasteiger partial charge >= 0.3 is 0 Å². The van der Waals surface area contributed by atoms with E-state index in [4.69, 9.17) is 0 Å². The predicted molar refractivity (Wildman–Crippen MR) is 150 cm³/mol. The Balaban J connectivity index is 1.42. The van der Waals surface area contributed by atoms with Crippen LogP contribution in [0, 0.1) is 0 Å². The van der Waals surface area contributed by atoms with E-state index >= 15 is 0 Å². The summed E-state index contributed by atoms with van der Waals surface area (Å²) in [6.45, 7) is 9.34. The fourth-order valence-electron chi connectivity index (χ4n) is 7.26. The number of hydrogen-bond donors (Lipinski definition) is 1. The van der Waals surface area contributed by atoms with Crippen molar-refractivity contribution in [3.63, 3.8) is 0 Å². The summed E-state index contributed by atoms with van der Waals surface area (Å²) in [6.07, 6.45) is 4.46. The summed E-state index contributed by atoms with van der Waals surface area (Å²) in [5.74, 6) is 0. The molecule has 0 radical (unpaired) electrons. The molecule has 0 aliphatic heterocycles. The zero-order chi connectivity index (χ0) is 24.2. The van der Waals surface area contributed by atoms with Crippen LogP contribution in [0.4, 0.5) is 11.4 Å². The number of anilines is 2. The van der Waals surface area contributed by atoms with Gasteiger partial charge in [-0.2, -0.15) is 0 Å². The van der Waals surface area contributed by atoms with Crippen LogP contribution in [-0.2, 0) is 10.8 Å². The highest BCUT2D eigenvalue weighted by molar-refractivity contribution is 5.85. The van der Waals surface area contributed by atoms with Gasteiger partial charge in [0.1, 0.15) is 0 Å². The molecule has 2 aliphatic rings. The zero-order valence-corrected chi connectivity index (χ0v) is 21.4. The summed E-state index contributed by atoms with van der Waals surface area (Å²) in [6, 6.07) is 32.0. The highest BCUT2D eigenvalue weighted by Crippen LogP contribution is 2.55. The van der Waals surface area contributed by atoms with E-state index < -0.39 is 0 Å². The SMILES string of the molecule is CCC1(CC)c2ccccc2-c2ccc(Nc3ccc4c(c3)C(CC)(CC)c3ccccc3-4)cc21. The highest BCUT2D eigenvalue weighted by atomic mass is 14.9. The van der Waals surface area contributed by atoms with E-state index in [0.29, 0.717) is 0 Å². The molecule has 0 aromatic heterocycles. The van der Waals surface area contributed by atoms with Gasteiger partial charge in [0.05, 0.1) is 0 Å². The van der Waals surface area contributed by atoms with E-state index in [1.165, 1.54) is 55.9 Å². The second kappa shape index (κ2) is 8.12. The molecule has 0 amide bonds. The molecule has 2 aliphatic carbocycles. The second-order valence-corrected chi connectivity index (χ2v) is 10.3. The van der Waals surface area contributed by atoms with Gasteiger partial charge in [-0.05, 0) is 94.5 Å². The summed E-state index contributed by atoms with van der Waals surface area (Å²) < 4.78 is 0. The summed E-state index contributed by atoms with van der Waals surface area (Å²) in [4.78, 5) is 0. The Morgan fingerprint density at radius 1 is 0.457 bits per heavy atom. The van der Waals surface area contributed by atoms with Gasteiger partial charge in [-0.25, -0.2) is 0 Å². The Morgan fingerprint density at radius 2 is 0.829 bits per heavy atom. The standard InChI is InChI=1S/C34H35N/c1-5-33(6-2)29-15-11-9-13-25(29)27-19-17-23(21-31(27)33)35-24-18-20-28-26-14-10-12-16-30(26)34(7-3,8-4)32(28)22-24/h9-22,35H,5-8H2,1-4H3. The fourth-order valence-corrected chi connectivity index (χ4v) is 7.26. The normalized spacial score (nSPS) is 15.8. The first-order valence-electron chi connectivity index (χ1n) is 13.4. The third-order valence-electron chi connectivity index (χ3n) is 9.24. The van der Waals surface area contributed by atoms with Crippen molar-refractivity contribution in [3.05, 3.63) is 107 Å². The Hall–Kier alpha value is -3.32. The van der Waals surface area contributed by atoms with Crippen LogP contribution >= 0.6 is 0 Å². The number of nitrogens with one attached hydrogen (secondary N) is 1. The van der Waals surface area contributed by atoms with Crippen LogP contribution in [0.25, 0.3) is 22.3 Å². The maximum absolute atomic E-state index is 3.79. The molecule has 1 heteroatoms. The topological polar surface area (TPSA) is 12.0 Å². The average Bonchev–Trinajstić information content (AvgIpc) is 3.35. The van der Waals surface area contributed by atoms with Crippen LogP contribution in [0.2, 0.25) is 0 Å². The lowest BCUT2D eigenvalue weighted by Crippen LogP contribution is -2.23. The number of fused-ring (bicyclic) bond motifs is 6. The molecular weight excluding hydrogens is 422 g/mol. The number of benzene rings is 4. The lowest BCUT2D eigenvalue weighted by atomic mass is 9.73. The number of rotatable bonds is 6. The molecule has 1 N–H and O–H groups in total. The largest absolute Gasteiger partial charge is 0.356 e. The van der Waals surface area contributed by atoms with E-state index in [2.05, 4.69) is 118 Å². The van der Waals surface area contributed by atoms with E-state index in [1.807, 2.05) is 0 Å². The first-order chi connectivity index (χ1) is 17.1. The zero-order valence-electron chi connectivity index (χ0n) is 21.4. The lowest BCUT2D eigenvalue weighted by molar-refractivity contribution is 0.490. The maximum atomic E-state index is 3.79. The minimum atomic E-state index is 0.1000. The fraction of sp³-hybridized carbons (Fsp3) is 0.294. The van der Waals surface area contributed by atoms with Gasteiger partial charge in [0, 0.05) is 22.2 Å². The van der Waals surface area contributed by atoms with Gasteiger partial charge < -0.3 is 5.32 Å². The Kier molecular flexibility index (Phi) is 5.14. The Labute approximate surface area is 210 Å². The number of hydrogen-bond acceptors (Lipinski definition) is 1. The molecule has 0 saturated carbocycles. The van der Waals surface area contributed by atoms with Crippen LogP contribution in [0.1, 0.15) is 75.6 Å². The van der Waals surface area contributed by atoms with E-state index in [9.17, 15) is 0 Å². The molecule has 35 heavy (non-hydrogen) atoms. The van der Waals surface area contributed by atoms with Crippen molar-refractivity contribution < 1.29 is 0 Å². The Bertz CT molecular complexity index is 1310. The molecular formula is C34H35N. The molecule has 0 unspecified atom stereocenters. The second-order valence-electron chi connectivity index (χ2n) is 10.3. The van der Waals surface area contributed by atoms with Gasteiger partial charge in [0.15, 0.2) is 0 Å². The molecule has 0 saturated heterocycles. The monoisotopic (exact) mass is 457 g/mol. The van der Waals surface area contributed by atoms with Crippen molar-refractivity contribution in [1.82, 2.24) is 0 Å². The van der Waals surface area contributed by atoms with Crippen molar-refractivity contribution in [2.75, 3.05) is 5.32 Å². The lowest BCUT2D eigenvalue weighted by Gasteiger charge is -2.30. The Morgan fingerprint density at radius 3 is 1.23 bits per heavy atom. The molecule has 4 aromatic rings. The van der Waals surface area contributed by atoms with Crippen LogP contribution in [0.3, 0.4) is 0 Å². The van der Waals surface area contributed by atoms with E-state index in [0.717, 1.165) is 25.7 Å². The molecule has 0 atom stereocenters. The molecule has 4 aromatic carbocycles. The van der Waals surface area contributed by atoms with Gasteiger partial charge in [-0.3, -0.25) is 0 Å². The van der Waals surface area contributed by atoms with E-state index in [-0.39, 0.29) is 10.8 Å². The molecule has 176 valence electrons. The van der Waals surface area contributed by atoms with Gasteiger partial charge in [-0.1, -0.05) is 88.4 Å². The van der Waals surface area contributed by atoms with Crippen molar-refractivity contribution in [2.24, 2.45) is 0 Å². The summed E-state index contributed by atoms with van der Waals surface area (Å²) in [5, 5.41) is 3.79. The van der Waals surface area contributed by atoms with E-state index in [1.54, 1.807) is 0 Å². The van der Waals surface area contributed by atoms with Gasteiger partial charge in [-0.15, -0.1) is 0 Å². The summed E-state index contributed by atoms with van der Waals surface area (Å²) in [7, 11) is 0. The minimum Gasteiger partial charge on any atom is -0.356 e. The quantitative estimate of drug-likeness (QED) is 0.304. The van der Waals surface area contributed by atoms with Gasteiger partial charge in [0.25, 0.3) is 0 Å². The third-order valence-corrected chi connectivity index (χ3v) is 9.24. The summed E-state index contributed by atoms with van der Waals surface area (Å²) in [5.41, 5.74) is 14.1. The van der Waals surface area contributed by atoms with Gasteiger partial charge in [0.2, 0.25) is 0 Å². The first kappa shape index (κ1) is 22.2. The van der Waals surface area contributed by atoms with Crippen molar-refractivity contribution in [3.8, 4) is 22.3 Å². The highest BCUT2D eigenvalue weighted by Gasteiger charge is 2.41. The van der Waals surface area contributed by atoms with Crippen molar-refractivity contribution >= 4 is 11.4 Å². The molecule has 1 nitrogen and oxygen atoms in total. The van der Waals surface area contributed by atoms with Crippen LogP contribution in [0.15, 0.2) is 84.9 Å². The first-order valence-corrected chi connectivity index (χ1v) is 13.4.